The monoisotopic (exact) mass is 317 g/mol. The van der Waals surface area contributed by atoms with Gasteiger partial charge in [0.2, 0.25) is 0 Å². The highest BCUT2D eigenvalue weighted by atomic mass is 32.1. The van der Waals surface area contributed by atoms with Crippen LogP contribution in [-0.2, 0) is 11.2 Å². The Labute approximate surface area is 136 Å². The molecule has 0 saturated carbocycles. The molecule has 0 aliphatic rings. The molecule has 1 unspecified atom stereocenters. The van der Waals surface area contributed by atoms with E-state index in [0.29, 0.717) is 12.5 Å². The zero-order valence-corrected chi connectivity index (χ0v) is 14.2. The molecule has 0 bridgehead atoms. The van der Waals surface area contributed by atoms with Crippen molar-refractivity contribution in [2.75, 3.05) is 6.54 Å². The first-order valence-corrected chi connectivity index (χ1v) is 8.51. The maximum absolute atomic E-state index is 12.0. The Bertz CT molecular complexity index is 576. The smallest absolute Gasteiger partial charge is 0.260 e. The van der Waals surface area contributed by atoms with Crippen LogP contribution in [0, 0.1) is 0 Å². The first kappa shape index (κ1) is 16.6. The summed E-state index contributed by atoms with van der Waals surface area (Å²) in [6.07, 6.45) is 0.368. The zero-order chi connectivity index (χ0) is 15.9. The fraction of sp³-hybridized carbons (Fsp3) is 0.389. The Morgan fingerprint density at radius 3 is 2.50 bits per heavy atom. The van der Waals surface area contributed by atoms with Crippen molar-refractivity contribution >= 4 is 17.2 Å². The summed E-state index contributed by atoms with van der Waals surface area (Å²) in [6.45, 7) is 6.72. The maximum Gasteiger partial charge on any atom is 0.260 e. The van der Waals surface area contributed by atoms with Gasteiger partial charge >= 0.3 is 0 Å². The molecule has 4 heteroatoms. The Balaban J connectivity index is 1.77. The number of carbonyl (C=O) groups excluding carboxylic acids is 1. The molecule has 1 amide bonds. The third kappa shape index (κ3) is 4.88. The first-order valence-electron chi connectivity index (χ1n) is 7.63. The number of hydrogen-bond donors (Lipinski definition) is 1. The quantitative estimate of drug-likeness (QED) is 0.838. The predicted molar refractivity (Wildman–Crippen MR) is 91.7 cm³/mol. The molecule has 0 aliphatic heterocycles. The summed E-state index contributed by atoms with van der Waals surface area (Å²) in [7, 11) is 0. The molecular weight excluding hydrogens is 294 g/mol. The largest absolute Gasteiger partial charge is 0.481 e. The highest BCUT2D eigenvalue weighted by Crippen LogP contribution is 2.19. The number of ether oxygens (including phenoxy) is 1. The van der Waals surface area contributed by atoms with E-state index in [-0.39, 0.29) is 5.91 Å². The van der Waals surface area contributed by atoms with Crippen LogP contribution in [0.3, 0.4) is 0 Å². The van der Waals surface area contributed by atoms with Gasteiger partial charge in [-0.2, -0.15) is 0 Å². The SMILES string of the molecule is CC(Oc1ccc(C(C)C)cc1)C(=O)NCCc1cccs1. The number of nitrogens with one attached hydrogen (secondary N) is 1. The minimum absolute atomic E-state index is 0.0792. The second kappa shape index (κ2) is 7.99. The van der Waals surface area contributed by atoms with Gasteiger partial charge in [0.05, 0.1) is 0 Å². The summed E-state index contributed by atoms with van der Waals surface area (Å²) in [5.41, 5.74) is 1.26. The molecule has 1 aromatic heterocycles. The van der Waals surface area contributed by atoms with Gasteiger partial charge in [-0.25, -0.2) is 0 Å². The lowest BCUT2D eigenvalue weighted by molar-refractivity contribution is -0.127. The van der Waals surface area contributed by atoms with Crippen molar-refractivity contribution < 1.29 is 9.53 Å². The van der Waals surface area contributed by atoms with Gasteiger partial charge in [-0.3, -0.25) is 4.79 Å². The van der Waals surface area contributed by atoms with Gasteiger partial charge in [0, 0.05) is 11.4 Å². The maximum atomic E-state index is 12.0. The third-order valence-electron chi connectivity index (χ3n) is 3.48. The molecule has 118 valence electrons. The number of rotatable bonds is 7. The Morgan fingerprint density at radius 1 is 1.18 bits per heavy atom. The molecule has 1 heterocycles. The van der Waals surface area contributed by atoms with Crippen LogP contribution in [0.1, 0.15) is 37.1 Å². The number of hydrogen-bond acceptors (Lipinski definition) is 3. The summed E-state index contributed by atoms with van der Waals surface area (Å²) in [6, 6.07) is 12.0. The average molecular weight is 317 g/mol. The minimum atomic E-state index is -0.492. The molecule has 1 atom stereocenters. The van der Waals surface area contributed by atoms with Crippen LogP contribution in [0.15, 0.2) is 41.8 Å². The molecule has 22 heavy (non-hydrogen) atoms. The topological polar surface area (TPSA) is 38.3 Å². The van der Waals surface area contributed by atoms with E-state index in [1.807, 2.05) is 35.7 Å². The van der Waals surface area contributed by atoms with Gasteiger partial charge in [-0.05, 0) is 48.4 Å². The van der Waals surface area contributed by atoms with Crippen LogP contribution in [0.5, 0.6) is 5.75 Å². The second-order valence-electron chi connectivity index (χ2n) is 5.60. The van der Waals surface area contributed by atoms with E-state index in [1.165, 1.54) is 10.4 Å². The van der Waals surface area contributed by atoms with Crippen molar-refractivity contribution in [2.24, 2.45) is 0 Å². The van der Waals surface area contributed by atoms with Crippen LogP contribution in [0.25, 0.3) is 0 Å². The summed E-state index contributed by atoms with van der Waals surface area (Å²) < 4.78 is 5.69. The normalized spacial score (nSPS) is 12.2. The first-order chi connectivity index (χ1) is 10.6. The van der Waals surface area contributed by atoms with Gasteiger partial charge in [0.15, 0.2) is 6.10 Å². The van der Waals surface area contributed by atoms with Crippen LogP contribution in [0.2, 0.25) is 0 Å². The van der Waals surface area contributed by atoms with Crippen molar-refractivity contribution in [3.63, 3.8) is 0 Å². The van der Waals surface area contributed by atoms with Crippen LogP contribution < -0.4 is 10.1 Å². The second-order valence-corrected chi connectivity index (χ2v) is 6.64. The molecule has 0 spiro atoms. The summed E-state index contributed by atoms with van der Waals surface area (Å²) >= 11 is 1.71. The van der Waals surface area contributed by atoms with E-state index < -0.39 is 6.10 Å². The van der Waals surface area contributed by atoms with Crippen LogP contribution >= 0.6 is 11.3 Å². The highest BCUT2D eigenvalue weighted by molar-refractivity contribution is 7.09. The summed E-state index contributed by atoms with van der Waals surface area (Å²) in [5.74, 6) is 1.14. The van der Waals surface area contributed by atoms with Gasteiger partial charge in [-0.1, -0.05) is 32.0 Å². The molecule has 0 radical (unpaired) electrons. The molecule has 0 fully saturated rings. The number of thiophene rings is 1. The van der Waals surface area contributed by atoms with Crippen molar-refractivity contribution in [1.82, 2.24) is 5.32 Å². The molecule has 1 N–H and O–H groups in total. The lowest BCUT2D eigenvalue weighted by Crippen LogP contribution is -2.37. The van der Waals surface area contributed by atoms with Crippen LogP contribution in [-0.4, -0.2) is 18.6 Å². The van der Waals surface area contributed by atoms with Crippen molar-refractivity contribution in [2.45, 2.75) is 39.2 Å². The molecule has 3 nitrogen and oxygen atoms in total. The van der Waals surface area contributed by atoms with E-state index >= 15 is 0 Å². The van der Waals surface area contributed by atoms with E-state index in [1.54, 1.807) is 18.3 Å². The predicted octanol–water partition coefficient (Wildman–Crippen LogP) is 4.00. The lowest BCUT2D eigenvalue weighted by Gasteiger charge is -2.15. The van der Waals surface area contributed by atoms with Gasteiger partial charge < -0.3 is 10.1 Å². The molecule has 0 aliphatic carbocycles. The number of benzene rings is 1. The lowest BCUT2D eigenvalue weighted by atomic mass is 10.0. The summed E-state index contributed by atoms with van der Waals surface area (Å²) in [5, 5.41) is 4.96. The Morgan fingerprint density at radius 2 is 1.91 bits per heavy atom. The Hall–Kier alpha value is -1.81. The van der Waals surface area contributed by atoms with Crippen molar-refractivity contribution in [1.29, 1.82) is 0 Å². The molecule has 1 aromatic carbocycles. The summed E-state index contributed by atoms with van der Waals surface area (Å²) in [4.78, 5) is 13.3. The van der Waals surface area contributed by atoms with E-state index in [0.717, 1.165) is 12.2 Å². The molecular formula is C18H23NO2S. The van der Waals surface area contributed by atoms with Crippen molar-refractivity contribution in [3.8, 4) is 5.75 Å². The standard InChI is InChI=1S/C18H23NO2S/c1-13(2)15-6-8-16(9-7-15)21-14(3)18(20)19-11-10-17-5-4-12-22-17/h4-9,12-14H,10-11H2,1-3H3,(H,19,20). The van der Waals surface area contributed by atoms with E-state index in [9.17, 15) is 4.79 Å². The highest BCUT2D eigenvalue weighted by Gasteiger charge is 2.14. The van der Waals surface area contributed by atoms with Crippen molar-refractivity contribution in [3.05, 3.63) is 52.2 Å². The van der Waals surface area contributed by atoms with Crippen LogP contribution in [0.4, 0.5) is 0 Å². The third-order valence-corrected chi connectivity index (χ3v) is 4.42. The minimum Gasteiger partial charge on any atom is -0.481 e. The Kier molecular flexibility index (Phi) is 6.01. The van der Waals surface area contributed by atoms with Gasteiger partial charge in [0.1, 0.15) is 5.75 Å². The number of amides is 1. The fourth-order valence-corrected chi connectivity index (χ4v) is 2.81. The number of carbonyl (C=O) groups is 1. The van der Waals surface area contributed by atoms with E-state index in [2.05, 4.69) is 25.2 Å². The molecule has 0 saturated heterocycles. The average Bonchev–Trinajstić information content (AvgIpc) is 3.01. The molecule has 2 aromatic rings. The zero-order valence-electron chi connectivity index (χ0n) is 13.3. The van der Waals surface area contributed by atoms with Gasteiger partial charge in [-0.15, -0.1) is 11.3 Å². The van der Waals surface area contributed by atoms with Gasteiger partial charge in [0.25, 0.3) is 5.91 Å². The van der Waals surface area contributed by atoms with E-state index in [4.69, 9.17) is 4.74 Å². The molecule has 2 rings (SSSR count). The fourth-order valence-electron chi connectivity index (χ4n) is 2.10.